The van der Waals surface area contributed by atoms with E-state index in [0.29, 0.717) is 26.7 Å². The summed E-state index contributed by atoms with van der Waals surface area (Å²) in [5.74, 6) is -2.09. The first-order chi connectivity index (χ1) is 21.0. The van der Waals surface area contributed by atoms with Crippen LogP contribution in [0.5, 0.6) is 0 Å². The van der Waals surface area contributed by atoms with Crippen LogP contribution in [0, 0.1) is 28.6 Å². The van der Waals surface area contributed by atoms with Gasteiger partial charge in [0.1, 0.15) is 0 Å². The molecule has 230 valence electrons. The van der Waals surface area contributed by atoms with E-state index in [2.05, 4.69) is 11.4 Å². The normalized spacial score (nSPS) is 23.8. The zero-order chi connectivity index (χ0) is 31.6. The van der Waals surface area contributed by atoms with Gasteiger partial charge < -0.3 is 15.0 Å². The lowest BCUT2D eigenvalue weighted by Gasteiger charge is -2.49. The second kappa shape index (κ2) is 13.4. The van der Waals surface area contributed by atoms with Gasteiger partial charge in [-0.15, -0.1) is 0 Å². The first-order valence-corrected chi connectivity index (χ1v) is 16.2. The monoisotopic (exact) mass is 652 g/mol. The highest BCUT2D eigenvalue weighted by atomic mass is 35.5. The number of benzene rings is 3. The minimum Gasteiger partial charge on any atom is -0.760 e. The van der Waals surface area contributed by atoms with Crippen molar-refractivity contribution in [3.8, 4) is 6.07 Å². The quantitative estimate of drug-likeness (QED) is 0.231. The number of hydrogen-bond acceptors (Lipinski definition) is 5. The number of halogens is 2. The fraction of sp³-hybridized carbons (Fsp3) is 0.364. The Balaban J connectivity index is 1.65. The van der Waals surface area contributed by atoms with Crippen molar-refractivity contribution >= 4 is 46.3 Å². The van der Waals surface area contributed by atoms with Crippen molar-refractivity contribution in [3.05, 3.63) is 105 Å². The van der Waals surface area contributed by atoms with Gasteiger partial charge in [-0.25, -0.2) is 4.31 Å². The van der Waals surface area contributed by atoms with Crippen LogP contribution in [0.3, 0.4) is 0 Å². The van der Waals surface area contributed by atoms with Crippen LogP contribution in [0.2, 0.25) is 10.0 Å². The number of piperidine rings is 1. The molecule has 0 spiro atoms. The Labute approximate surface area is 269 Å². The predicted molar refractivity (Wildman–Crippen MR) is 167 cm³/mol. The highest BCUT2D eigenvalue weighted by Crippen LogP contribution is 2.53. The molecule has 1 aliphatic carbocycles. The number of nitriles is 1. The third kappa shape index (κ3) is 7.17. The molecule has 1 amide bonds. The summed E-state index contributed by atoms with van der Waals surface area (Å²) >= 11 is 9.98. The molecular weight excluding hydrogens is 621 g/mol. The second-order valence-corrected chi connectivity index (χ2v) is 13.8. The van der Waals surface area contributed by atoms with E-state index >= 15 is 0 Å². The summed E-state index contributed by atoms with van der Waals surface area (Å²) in [5, 5.41) is 23.3. The minimum atomic E-state index is -2.70. The molecule has 1 heterocycles. The summed E-state index contributed by atoms with van der Waals surface area (Å²) in [7, 11) is 0. The van der Waals surface area contributed by atoms with Gasteiger partial charge in [-0.3, -0.25) is 13.8 Å². The number of nitrogens with one attached hydrogen (secondary N) is 1. The fourth-order valence-corrected chi connectivity index (χ4v) is 7.70. The zero-order valence-electron chi connectivity index (χ0n) is 24.0. The fourth-order valence-electron chi connectivity index (χ4n) is 6.68. The van der Waals surface area contributed by atoms with Gasteiger partial charge in [0, 0.05) is 45.7 Å². The maximum Gasteiger partial charge on any atom is 0.304 e. The third-order valence-electron chi connectivity index (χ3n) is 8.82. The van der Waals surface area contributed by atoms with Gasteiger partial charge in [-0.2, -0.15) is 5.26 Å². The van der Waals surface area contributed by atoms with E-state index < -0.39 is 34.7 Å². The van der Waals surface area contributed by atoms with Gasteiger partial charge in [-0.05, 0) is 78.3 Å². The number of carboxylic acid groups (broad SMARTS) is 1. The Morgan fingerprint density at radius 2 is 1.84 bits per heavy atom. The van der Waals surface area contributed by atoms with Crippen molar-refractivity contribution in [2.45, 2.75) is 57.2 Å². The van der Waals surface area contributed by atoms with Crippen molar-refractivity contribution in [2.75, 3.05) is 0 Å². The van der Waals surface area contributed by atoms with Crippen LogP contribution < -0.4 is 5.32 Å². The highest BCUT2D eigenvalue weighted by molar-refractivity contribution is 7.76. The van der Waals surface area contributed by atoms with Crippen molar-refractivity contribution < 1.29 is 23.5 Å². The lowest BCUT2D eigenvalue weighted by atomic mass is 9.65. The molecule has 1 aliphatic heterocycles. The lowest BCUT2D eigenvalue weighted by molar-refractivity contribution is -0.148. The SMILES string of the molecule is C[C@@]1(CC(=O)O)C[C@H](c2cccc(Cl)c2)[C@@H](C(C2CC2)[C@@H](c2ccc(Cl)cc2)N(Cc2cccc(C#N)c2)S(=O)[O-])NC1=O. The first kappa shape index (κ1) is 32.1. The number of hydrogen-bond donors (Lipinski definition) is 2. The van der Waals surface area contributed by atoms with E-state index in [0.717, 1.165) is 18.4 Å². The standard InChI is InChI=1S/C33H33Cl2N3O5S/c1-33(17-28(39)40)16-27(24-6-3-7-26(35)15-24)30(37-32(33)41)29(22-8-9-22)31(23-10-12-25(34)13-11-23)38(44(42)43)19-21-5-2-4-20(14-21)18-36/h2-7,10-15,22,27,29-31H,8-9,16-17,19H2,1H3,(H,37,41)(H,39,40)(H,42,43)/p-1/t27-,29?,30+,31-,33+/m1/s1. The van der Waals surface area contributed by atoms with E-state index in [9.17, 15) is 28.7 Å². The van der Waals surface area contributed by atoms with Gasteiger partial charge >= 0.3 is 5.97 Å². The van der Waals surface area contributed by atoms with E-state index in [-0.39, 0.29) is 43.0 Å². The second-order valence-electron chi connectivity index (χ2n) is 12.0. The Kier molecular flexibility index (Phi) is 9.78. The maximum atomic E-state index is 13.7. The summed E-state index contributed by atoms with van der Waals surface area (Å²) < 4.78 is 27.6. The summed E-state index contributed by atoms with van der Waals surface area (Å²) in [5.41, 5.74) is 1.44. The molecule has 1 saturated heterocycles. The van der Waals surface area contributed by atoms with E-state index in [4.69, 9.17) is 23.2 Å². The number of carbonyl (C=O) groups is 2. The number of nitrogens with zero attached hydrogens (tertiary/aromatic N) is 2. The number of carbonyl (C=O) groups excluding carboxylic acids is 1. The molecule has 8 nitrogen and oxygen atoms in total. The van der Waals surface area contributed by atoms with Crippen LogP contribution in [-0.2, 0) is 27.4 Å². The Hall–Kier alpha value is -3.26. The molecule has 2 unspecified atom stereocenters. The molecule has 44 heavy (non-hydrogen) atoms. The van der Waals surface area contributed by atoms with Crippen molar-refractivity contribution in [1.29, 1.82) is 5.26 Å². The van der Waals surface area contributed by atoms with Crippen LogP contribution in [0.4, 0.5) is 0 Å². The maximum absolute atomic E-state index is 13.7. The summed E-state index contributed by atoms with van der Waals surface area (Å²) in [6.07, 6.45) is 1.60. The van der Waals surface area contributed by atoms with Crippen molar-refractivity contribution in [3.63, 3.8) is 0 Å². The lowest BCUT2D eigenvalue weighted by Crippen LogP contribution is -2.58. The average Bonchev–Trinajstić information content (AvgIpc) is 3.82. The summed E-state index contributed by atoms with van der Waals surface area (Å²) in [6, 6.07) is 22.1. The summed E-state index contributed by atoms with van der Waals surface area (Å²) in [6.45, 7) is 1.66. The third-order valence-corrected chi connectivity index (χ3v) is 10.0. The molecule has 3 aromatic rings. The Bertz CT molecular complexity index is 1610. The van der Waals surface area contributed by atoms with Crippen LogP contribution >= 0.6 is 23.2 Å². The molecule has 3 aromatic carbocycles. The topological polar surface area (TPSA) is 134 Å². The zero-order valence-corrected chi connectivity index (χ0v) is 26.3. The molecule has 2 N–H and O–H groups in total. The number of aliphatic carboxylic acids is 1. The summed E-state index contributed by atoms with van der Waals surface area (Å²) in [4.78, 5) is 25.6. The van der Waals surface area contributed by atoms with E-state index in [1.54, 1.807) is 49.4 Å². The van der Waals surface area contributed by atoms with E-state index in [1.807, 2.05) is 30.3 Å². The molecule has 0 radical (unpaired) electrons. The van der Waals surface area contributed by atoms with Crippen LogP contribution in [0.15, 0.2) is 72.8 Å². The van der Waals surface area contributed by atoms with Crippen molar-refractivity contribution in [1.82, 2.24) is 9.62 Å². The molecule has 6 atom stereocenters. The predicted octanol–water partition coefficient (Wildman–Crippen LogP) is 6.38. The molecule has 0 bridgehead atoms. The largest absolute Gasteiger partial charge is 0.760 e. The molecular formula is C33H32Cl2N3O5S-. The Morgan fingerprint density at radius 1 is 1.14 bits per heavy atom. The highest BCUT2D eigenvalue weighted by Gasteiger charge is 2.53. The van der Waals surface area contributed by atoms with Crippen LogP contribution in [-0.4, -0.2) is 36.1 Å². The molecule has 0 aromatic heterocycles. The number of amides is 1. The van der Waals surface area contributed by atoms with Crippen molar-refractivity contribution in [2.24, 2.45) is 17.3 Å². The van der Waals surface area contributed by atoms with Gasteiger partial charge in [0.15, 0.2) is 0 Å². The number of carboxylic acids is 1. The van der Waals surface area contributed by atoms with Gasteiger partial charge in [0.25, 0.3) is 0 Å². The Morgan fingerprint density at radius 3 is 2.45 bits per heavy atom. The molecule has 11 heteroatoms. The van der Waals surface area contributed by atoms with Crippen LogP contribution in [0.1, 0.15) is 66.8 Å². The number of rotatable bonds is 11. The van der Waals surface area contributed by atoms with Gasteiger partial charge in [0.05, 0.1) is 29.5 Å². The van der Waals surface area contributed by atoms with Gasteiger partial charge in [0.2, 0.25) is 5.91 Å². The average molecular weight is 654 g/mol. The molecule has 2 aliphatic rings. The molecule has 1 saturated carbocycles. The molecule has 2 fully saturated rings. The van der Waals surface area contributed by atoms with E-state index in [1.165, 1.54) is 4.31 Å². The molecule has 5 rings (SSSR count). The smallest absolute Gasteiger partial charge is 0.304 e. The van der Waals surface area contributed by atoms with Gasteiger partial charge in [-0.1, -0.05) is 66.5 Å². The van der Waals surface area contributed by atoms with Crippen LogP contribution in [0.25, 0.3) is 0 Å². The first-order valence-electron chi connectivity index (χ1n) is 14.4. The minimum absolute atomic E-state index is 0.00136.